The second-order valence-electron chi connectivity index (χ2n) is 5.76. The summed E-state index contributed by atoms with van der Waals surface area (Å²) < 4.78 is 0. The van der Waals surface area contributed by atoms with Crippen molar-refractivity contribution in [3.63, 3.8) is 0 Å². The third-order valence-electron chi connectivity index (χ3n) is 3.73. The van der Waals surface area contributed by atoms with Crippen molar-refractivity contribution in [3.8, 4) is 0 Å². The van der Waals surface area contributed by atoms with Crippen molar-refractivity contribution in [1.29, 1.82) is 0 Å². The largest absolute Gasteiger partial charge is 0.370 e. The SMILES string of the molecule is CCCNc1cc(C)nc(CN(C)C(C)(C)CC)n1. The normalized spacial score (nSPS) is 11.9. The van der Waals surface area contributed by atoms with E-state index in [1.165, 1.54) is 0 Å². The Morgan fingerprint density at radius 3 is 2.53 bits per heavy atom. The first-order valence-corrected chi connectivity index (χ1v) is 7.18. The van der Waals surface area contributed by atoms with Crippen molar-refractivity contribution >= 4 is 5.82 Å². The fourth-order valence-electron chi connectivity index (χ4n) is 1.74. The molecule has 0 spiro atoms. The molecule has 0 aliphatic rings. The number of anilines is 1. The lowest BCUT2D eigenvalue weighted by atomic mass is 10.0. The molecule has 19 heavy (non-hydrogen) atoms. The van der Waals surface area contributed by atoms with Gasteiger partial charge in [-0.15, -0.1) is 0 Å². The highest BCUT2D eigenvalue weighted by atomic mass is 15.2. The molecule has 1 aromatic rings. The van der Waals surface area contributed by atoms with Gasteiger partial charge in [0.1, 0.15) is 11.6 Å². The first-order valence-electron chi connectivity index (χ1n) is 7.18. The summed E-state index contributed by atoms with van der Waals surface area (Å²) in [6.45, 7) is 12.6. The minimum atomic E-state index is 0.171. The molecule has 0 aliphatic carbocycles. The monoisotopic (exact) mass is 264 g/mol. The molecule has 0 unspecified atom stereocenters. The lowest BCUT2D eigenvalue weighted by Gasteiger charge is -2.34. The number of aromatic nitrogens is 2. The predicted molar refractivity (Wildman–Crippen MR) is 81.4 cm³/mol. The Kier molecular flexibility index (Phi) is 5.73. The molecule has 1 N–H and O–H groups in total. The van der Waals surface area contributed by atoms with Gasteiger partial charge in [0.05, 0.1) is 6.54 Å². The standard InChI is InChI=1S/C15H28N4/c1-7-9-16-13-10-12(3)17-14(18-13)11-19(6)15(4,5)8-2/h10H,7-9,11H2,1-6H3,(H,16,17,18). The van der Waals surface area contributed by atoms with Crippen molar-refractivity contribution < 1.29 is 0 Å². The van der Waals surface area contributed by atoms with Gasteiger partial charge in [-0.05, 0) is 40.7 Å². The molecule has 0 atom stereocenters. The van der Waals surface area contributed by atoms with Gasteiger partial charge in [-0.25, -0.2) is 9.97 Å². The Morgan fingerprint density at radius 2 is 1.95 bits per heavy atom. The van der Waals surface area contributed by atoms with E-state index < -0.39 is 0 Å². The summed E-state index contributed by atoms with van der Waals surface area (Å²) in [5.74, 6) is 1.83. The van der Waals surface area contributed by atoms with E-state index >= 15 is 0 Å². The molecule has 0 saturated heterocycles. The van der Waals surface area contributed by atoms with Gasteiger partial charge in [-0.3, -0.25) is 4.90 Å². The fraction of sp³-hybridized carbons (Fsp3) is 0.733. The molecular weight excluding hydrogens is 236 g/mol. The summed E-state index contributed by atoms with van der Waals surface area (Å²) in [6, 6.07) is 2.00. The number of nitrogens with one attached hydrogen (secondary N) is 1. The van der Waals surface area contributed by atoms with Crippen molar-refractivity contribution in [2.24, 2.45) is 0 Å². The van der Waals surface area contributed by atoms with Crippen LogP contribution in [0.3, 0.4) is 0 Å². The number of hydrogen-bond donors (Lipinski definition) is 1. The van der Waals surface area contributed by atoms with Crippen molar-refractivity contribution in [3.05, 3.63) is 17.6 Å². The van der Waals surface area contributed by atoms with E-state index in [1.54, 1.807) is 0 Å². The molecule has 1 heterocycles. The molecule has 0 aromatic carbocycles. The van der Waals surface area contributed by atoms with E-state index in [0.29, 0.717) is 0 Å². The first-order chi connectivity index (χ1) is 8.89. The second kappa shape index (κ2) is 6.85. The maximum atomic E-state index is 4.59. The highest BCUT2D eigenvalue weighted by Crippen LogP contribution is 2.18. The van der Waals surface area contributed by atoms with Gasteiger partial charge in [0.25, 0.3) is 0 Å². The number of hydrogen-bond acceptors (Lipinski definition) is 4. The summed E-state index contributed by atoms with van der Waals surface area (Å²) in [7, 11) is 2.13. The Hall–Kier alpha value is -1.16. The Bertz CT molecular complexity index is 401. The summed E-state index contributed by atoms with van der Waals surface area (Å²) >= 11 is 0. The topological polar surface area (TPSA) is 41.1 Å². The molecule has 0 amide bonds. The number of nitrogens with zero attached hydrogens (tertiary/aromatic N) is 3. The van der Waals surface area contributed by atoms with Gasteiger partial charge >= 0.3 is 0 Å². The van der Waals surface area contributed by atoms with Crippen LogP contribution in [0.4, 0.5) is 5.82 Å². The maximum Gasteiger partial charge on any atom is 0.144 e. The van der Waals surface area contributed by atoms with Crippen LogP contribution in [0.25, 0.3) is 0 Å². The van der Waals surface area contributed by atoms with Gasteiger partial charge in [-0.1, -0.05) is 13.8 Å². The van der Waals surface area contributed by atoms with Crippen LogP contribution in [0.1, 0.15) is 52.1 Å². The molecule has 0 fully saturated rings. The molecule has 1 rings (SSSR count). The van der Waals surface area contributed by atoms with Crippen molar-refractivity contribution in [1.82, 2.24) is 14.9 Å². The molecule has 4 heteroatoms. The molecule has 0 bridgehead atoms. The zero-order valence-corrected chi connectivity index (χ0v) is 13.2. The molecule has 0 aliphatic heterocycles. The lowest BCUT2D eigenvalue weighted by molar-refractivity contribution is 0.139. The number of aryl methyl sites for hydroxylation is 1. The van der Waals surface area contributed by atoms with Crippen LogP contribution in [0, 0.1) is 6.92 Å². The van der Waals surface area contributed by atoms with Crippen LogP contribution >= 0.6 is 0 Å². The minimum Gasteiger partial charge on any atom is -0.370 e. The van der Waals surface area contributed by atoms with Crippen molar-refractivity contribution in [2.75, 3.05) is 18.9 Å². The van der Waals surface area contributed by atoms with E-state index in [9.17, 15) is 0 Å². The van der Waals surface area contributed by atoms with Crippen molar-refractivity contribution in [2.45, 2.75) is 59.5 Å². The fourth-order valence-corrected chi connectivity index (χ4v) is 1.74. The zero-order chi connectivity index (χ0) is 14.5. The molecule has 4 nitrogen and oxygen atoms in total. The summed E-state index contributed by atoms with van der Waals surface area (Å²) in [5, 5.41) is 3.33. The third kappa shape index (κ3) is 4.78. The van der Waals surface area contributed by atoms with E-state index in [2.05, 4.69) is 54.9 Å². The maximum absolute atomic E-state index is 4.59. The van der Waals surface area contributed by atoms with E-state index in [1.807, 2.05) is 13.0 Å². The molecule has 1 aromatic heterocycles. The van der Waals surface area contributed by atoms with Gasteiger partial charge in [0.15, 0.2) is 0 Å². The smallest absolute Gasteiger partial charge is 0.144 e. The summed E-state index contributed by atoms with van der Waals surface area (Å²) in [4.78, 5) is 11.4. The molecule has 0 saturated carbocycles. The third-order valence-corrected chi connectivity index (χ3v) is 3.73. The van der Waals surface area contributed by atoms with E-state index in [0.717, 1.165) is 43.3 Å². The number of rotatable bonds is 7. The highest BCUT2D eigenvalue weighted by molar-refractivity contribution is 5.35. The van der Waals surface area contributed by atoms with Gasteiger partial charge in [0, 0.05) is 23.8 Å². The van der Waals surface area contributed by atoms with E-state index in [-0.39, 0.29) is 5.54 Å². The van der Waals surface area contributed by atoms with Crippen LogP contribution in [0.2, 0.25) is 0 Å². The van der Waals surface area contributed by atoms with E-state index in [4.69, 9.17) is 0 Å². The molecule has 108 valence electrons. The average molecular weight is 264 g/mol. The predicted octanol–water partition coefficient (Wildman–Crippen LogP) is 3.23. The minimum absolute atomic E-state index is 0.171. The first kappa shape index (κ1) is 15.9. The van der Waals surface area contributed by atoms with Crippen LogP contribution in [-0.2, 0) is 6.54 Å². The lowest BCUT2D eigenvalue weighted by Crippen LogP contribution is -2.40. The van der Waals surface area contributed by atoms with Crippen LogP contribution in [0.5, 0.6) is 0 Å². The zero-order valence-electron chi connectivity index (χ0n) is 13.2. The molecular formula is C15H28N4. The quantitative estimate of drug-likeness (QED) is 0.821. The van der Waals surface area contributed by atoms with Gasteiger partial charge in [-0.2, -0.15) is 0 Å². The van der Waals surface area contributed by atoms with Crippen LogP contribution in [-0.4, -0.2) is 34.0 Å². The Labute approximate surface area is 117 Å². The van der Waals surface area contributed by atoms with Crippen LogP contribution in [0.15, 0.2) is 6.07 Å². The van der Waals surface area contributed by atoms with Gasteiger partial charge in [0.2, 0.25) is 0 Å². The Morgan fingerprint density at radius 1 is 1.26 bits per heavy atom. The van der Waals surface area contributed by atoms with Gasteiger partial charge < -0.3 is 5.32 Å². The average Bonchev–Trinajstić information content (AvgIpc) is 2.35. The summed E-state index contributed by atoms with van der Waals surface area (Å²) in [6.07, 6.45) is 2.21. The Balaban J connectivity index is 2.80. The van der Waals surface area contributed by atoms with Crippen LogP contribution < -0.4 is 5.32 Å². The molecule has 0 radical (unpaired) electrons. The highest BCUT2D eigenvalue weighted by Gasteiger charge is 2.22. The summed E-state index contributed by atoms with van der Waals surface area (Å²) in [5.41, 5.74) is 1.19. The second-order valence-corrected chi connectivity index (χ2v) is 5.76.